The van der Waals surface area contributed by atoms with Crippen molar-refractivity contribution in [2.24, 2.45) is 0 Å². The summed E-state index contributed by atoms with van der Waals surface area (Å²) in [5, 5.41) is 0. The second-order valence-corrected chi connectivity index (χ2v) is 4.52. The van der Waals surface area contributed by atoms with Crippen LogP contribution in [0.25, 0.3) is 16.9 Å². The molecular weight excluding hydrogens is 256 g/mol. The first-order valence-corrected chi connectivity index (χ1v) is 6.20. The zero-order valence-corrected chi connectivity index (χ0v) is 11.5. The van der Waals surface area contributed by atoms with Gasteiger partial charge in [-0.1, -0.05) is 0 Å². The van der Waals surface area contributed by atoms with Crippen molar-refractivity contribution in [3.05, 3.63) is 46.3 Å². The molecule has 0 bridgehead atoms. The van der Waals surface area contributed by atoms with Crippen molar-refractivity contribution in [1.29, 1.82) is 0 Å². The highest BCUT2D eigenvalue weighted by Gasteiger charge is 2.14. The maximum atomic E-state index is 12.1. The summed E-state index contributed by atoms with van der Waals surface area (Å²) in [5.74, 6) is 2.04. The number of hydrogen-bond acceptors (Lipinski definition) is 4. The molecular formula is C14H14N4O2. The molecule has 0 radical (unpaired) electrons. The molecule has 102 valence electrons. The lowest BCUT2D eigenvalue weighted by Crippen LogP contribution is -2.13. The molecule has 0 atom stereocenters. The van der Waals surface area contributed by atoms with Crippen molar-refractivity contribution in [2.45, 2.75) is 13.8 Å². The van der Waals surface area contributed by atoms with E-state index in [2.05, 4.69) is 15.0 Å². The summed E-state index contributed by atoms with van der Waals surface area (Å²) in [6.07, 6.45) is 0. The van der Waals surface area contributed by atoms with Crippen LogP contribution in [-0.2, 0) is 0 Å². The van der Waals surface area contributed by atoms with Gasteiger partial charge in [0.05, 0.1) is 7.11 Å². The third-order valence-corrected chi connectivity index (χ3v) is 3.14. The first-order valence-electron chi connectivity index (χ1n) is 6.20. The molecule has 0 spiro atoms. The number of fused-ring (bicyclic) bond motifs is 1. The van der Waals surface area contributed by atoms with Crippen LogP contribution in [0.3, 0.4) is 0 Å². The highest BCUT2D eigenvalue weighted by molar-refractivity contribution is 5.73. The molecule has 0 saturated heterocycles. The lowest BCUT2D eigenvalue weighted by Gasteiger charge is -2.07. The Hall–Kier alpha value is -2.63. The zero-order chi connectivity index (χ0) is 14.3. The summed E-state index contributed by atoms with van der Waals surface area (Å²) in [6, 6.07) is 7.45. The first-order chi connectivity index (χ1) is 9.60. The van der Waals surface area contributed by atoms with E-state index >= 15 is 0 Å². The predicted octanol–water partition coefficient (Wildman–Crippen LogP) is 1.73. The van der Waals surface area contributed by atoms with Crippen LogP contribution in [-0.4, -0.2) is 26.6 Å². The second kappa shape index (κ2) is 4.48. The van der Waals surface area contributed by atoms with Gasteiger partial charge in [0, 0.05) is 5.69 Å². The third-order valence-electron chi connectivity index (χ3n) is 3.14. The van der Waals surface area contributed by atoms with Crippen molar-refractivity contribution in [3.8, 4) is 11.4 Å². The Morgan fingerprint density at radius 1 is 1.15 bits per heavy atom. The topological polar surface area (TPSA) is 72.8 Å². The van der Waals surface area contributed by atoms with Crippen LogP contribution in [0.5, 0.6) is 5.75 Å². The Kier molecular flexibility index (Phi) is 2.78. The van der Waals surface area contributed by atoms with Gasteiger partial charge in [-0.3, -0.25) is 9.36 Å². The maximum Gasteiger partial charge on any atom is 0.277 e. The van der Waals surface area contributed by atoms with E-state index in [-0.39, 0.29) is 5.56 Å². The number of benzene rings is 1. The fourth-order valence-electron chi connectivity index (χ4n) is 2.26. The van der Waals surface area contributed by atoms with Gasteiger partial charge < -0.3 is 9.72 Å². The molecule has 1 aromatic carbocycles. The predicted molar refractivity (Wildman–Crippen MR) is 75.5 cm³/mol. The molecule has 6 heteroatoms. The van der Waals surface area contributed by atoms with Crippen LogP contribution >= 0.6 is 0 Å². The van der Waals surface area contributed by atoms with Gasteiger partial charge in [0.25, 0.3) is 5.56 Å². The lowest BCUT2D eigenvalue weighted by molar-refractivity contribution is 0.415. The molecule has 0 saturated carbocycles. The number of rotatable bonds is 2. The Labute approximate surface area is 115 Å². The van der Waals surface area contributed by atoms with Crippen molar-refractivity contribution >= 4 is 11.2 Å². The molecule has 3 rings (SSSR count). The van der Waals surface area contributed by atoms with Crippen molar-refractivity contribution in [2.75, 3.05) is 7.11 Å². The van der Waals surface area contributed by atoms with Crippen molar-refractivity contribution in [1.82, 2.24) is 19.5 Å². The number of imidazole rings is 1. The molecule has 20 heavy (non-hydrogen) atoms. The SMILES string of the molecule is COc1ccc(-n2c(C)nc3nc(C)[nH]c(=O)c32)cc1. The molecule has 0 aliphatic heterocycles. The van der Waals surface area contributed by atoms with E-state index in [9.17, 15) is 4.79 Å². The zero-order valence-electron chi connectivity index (χ0n) is 11.5. The fourth-order valence-corrected chi connectivity index (χ4v) is 2.26. The second-order valence-electron chi connectivity index (χ2n) is 4.52. The number of ether oxygens (including phenoxy) is 1. The molecule has 0 unspecified atom stereocenters. The Balaban J connectivity index is 2.29. The van der Waals surface area contributed by atoms with E-state index in [1.807, 2.05) is 31.2 Å². The van der Waals surface area contributed by atoms with E-state index in [0.717, 1.165) is 11.4 Å². The average Bonchev–Trinajstić information content (AvgIpc) is 2.75. The fraction of sp³-hybridized carbons (Fsp3) is 0.214. The normalized spacial score (nSPS) is 10.9. The summed E-state index contributed by atoms with van der Waals surface area (Å²) >= 11 is 0. The Morgan fingerprint density at radius 3 is 2.50 bits per heavy atom. The van der Waals surface area contributed by atoms with Gasteiger partial charge in [0.2, 0.25) is 0 Å². The largest absolute Gasteiger partial charge is 0.497 e. The Bertz CT molecular complexity index is 831. The third kappa shape index (κ3) is 1.85. The van der Waals surface area contributed by atoms with Crippen LogP contribution in [0.15, 0.2) is 29.1 Å². The number of aromatic amines is 1. The van der Waals surface area contributed by atoms with Crippen LogP contribution in [0.1, 0.15) is 11.6 Å². The van der Waals surface area contributed by atoms with Gasteiger partial charge in [-0.2, -0.15) is 0 Å². The molecule has 0 amide bonds. The minimum Gasteiger partial charge on any atom is -0.497 e. The summed E-state index contributed by atoms with van der Waals surface area (Å²) in [6.45, 7) is 3.59. The van der Waals surface area contributed by atoms with E-state index < -0.39 is 0 Å². The van der Waals surface area contributed by atoms with Gasteiger partial charge in [0.15, 0.2) is 11.2 Å². The quantitative estimate of drug-likeness (QED) is 0.769. The summed E-state index contributed by atoms with van der Waals surface area (Å²) in [7, 11) is 1.62. The average molecular weight is 270 g/mol. The Morgan fingerprint density at radius 2 is 1.85 bits per heavy atom. The molecule has 6 nitrogen and oxygen atoms in total. The summed E-state index contributed by atoms with van der Waals surface area (Å²) in [5.41, 5.74) is 1.57. The molecule has 0 aliphatic carbocycles. The smallest absolute Gasteiger partial charge is 0.277 e. The van der Waals surface area contributed by atoms with Crippen molar-refractivity contribution in [3.63, 3.8) is 0 Å². The molecule has 2 aromatic heterocycles. The summed E-state index contributed by atoms with van der Waals surface area (Å²) in [4.78, 5) is 23.5. The van der Waals surface area contributed by atoms with E-state index in [0.29, 0.717) is 22.8 Å². The van der Waals surface area contributed by atoms with Crippen LogP contribution in [0, 0.1) is 13.8 Å². The standard InChI is InChI=1S/C14H14N4O2/c1-8-15-13-12(14(19)16-8)18(9(2)17-13)10-4-6-11(20-3)7-5-10/h4-7H,1-3H3,(H,15,16,19). The first kappa shape index (κ1) is 12.4. The van der Waals surface area contributed by atoms with Crippen LogP contribution in [0.2, 0.25) is 0 Å². The van der Waals surface area contributed by atoms with Gasteiger partial charge >= 0.3 is 0 Å². The summed E-state index contributed by atoms with van der Waals surface area (Å²) < 4.78 is 6.93. The number of aromatic nitrogens is 4. The van der Waals surface area contributed by atoms with Gasteiger partial charge in [-0.05, 0) is 38.1 Å². The van der Waals surface area contributed by atoms with E-state index in [1.165, 1.54) is 0 Å². The van der Waals surface area contributed by atoms with Crippen LogP contribution < -0.4 is 10.3 Å². The molecule has 0 aliphatic rings. The number of hydrogen-bond donors (Lipinski definition) is 1. The van der Waals surface area contributed by atoms with Crippen molar-refractivity contribution < 1.29 is 4.74 Å². The number of nitrogens with zero attached hydrogens (tertiary/aromatic N) is 3. The molecule has 3 aromatic rings. The highest BCUT2D eigenvalue weighted by atomic mass is 16.5. The minimum absolute atomic E-state index is 0.191. The molecule has 1 N–H and O–H groups in total. The van der Waals surface area contributed by atoms with E-state index in [4.69, 9.17) is 4.74 Å². The highest BCUT2D eigenvalue weighted by Crippen LogP contribution is 2.20. The number of H-pyrrole nitrogens is 1. The number of aryl methyl sites for hydroxylation is 2. The van der Waals surface area contributed by atoms with Gasteiger partial charge in [-0.15, -0.1) is 0 Å². The number of methoxy groups -OCH3 is 1. The van der Waals surface area contributed by atoms with Crippen LogP contribution in [0.4, 0.5) is 0 Å². The molecule has 2 heterocycles. The monoisotopic (exact) mass is 270 g/mol. The van der Waals surface area contributed by atoms with E-state index in [1.54, 1.807) is 18.6 Å². The minimum atomic E-state index is -0.191. The molecule has 0 fully saturated rings. The number of nitrogens with one attached hydrogen (secondary N) is 1. The van der Waals surface area contributed by atoms with Gasteiger partial charge in [0.1, 0.15) is 17.4 Å². The maximum absolute atomic E-state index is 12.1. The van der Waals surface area contributed by atoms with Gasteiger partial charge in [-0.25, -0.2) is 9.97 Å². The lowest BCUT2D eigenvalue weighted by atomic mass is 10.3.